The molecule has 82 valence electrons. The smallest absolute Gasteiger partial charge is 0.201 e. The third kappa shape index (κ3) is 1.67. The van der Waals surface area contributed by atoms with Gasteiger partial charge < -0.3 is 14.9 Å². The standard InChI is InChI=1S/C13H12O3/c1-16-11-8-7-10(12(14)13(11)15)9-5-3-2-4-6-9/h2-8,14-15H,1H3. The lowest BCUT2D eigenvalue weighted by atomic mass is 10.0. The van der Waals surface area contributed by atoms with Crippen LogP contribution in [0, 0.1) is 0 Å². The quantitative estimate of drug-likeness (QED) is 0.759. The second-order valence-corrected chi connectivity index (χ2v) is 3.38. The molecule has 0 fully saturated rings. The molecule has 0 aromatic heterocycles. The van der Waals surface area contributed by atoms with E-state index in [0.29, 0.717) is 5.56 Å². The summed E-state index contributed by atoms with van der Waals surface area (Å²) in [4.78, 5) is 0. The second-order valence-electron chi connectivity index (χ2n) is 3.38. The largest absolute Gasteiger partial charge is 0.504 e. The summed E-state index contributed by atoms with van der Waals surface area (Å²) in [5, 5.41) is 19.5. The van der Waals surface area contributed by atoms with Gasteiger partial charge in [-0.05, 0) is 17.7 Å². The van der Waals surface area contributed by atoms with Gasteiger partial charge in [-0.1, -0.05) is 30.3 Å². The number of ether oxygens (including phenoxy) is 1. The van der Waals surface area contributed by atoms with Gasteiger partial charge in [-0.25, -0.2) is 0 Å². The van der Waals surface area contributed by atoms with E-state index < -0.39 is 0 Å². The van der Waals surface area contributed by atoms with Gasteiger partial charge in [0.25, 0.3) is 0 Å². The van der Waals surface area contributed by atoms with E-state index in [4.69, 9.17) is 4.74 Å². The number of phenols is 2. The lowest BCUT2D eigenvalue weighted by molar-refractivity contribution is 0.352. The van der Waals surface area contributed by atoms with Crippen molar-refractivity contribution in [2.45, 2.75) is 0 Å². The van der Waals surface area contributed by atoms with Gasteiger partial charge in [0.2, 0.25) is 5.75 Å². The van der Waals surface area contributed by atoms with Gasteiger partial charge in [0.1, 0.15) is 0 Å². The van der Waals surface area contributed by atoms with Crippen LogP contribution in [0.5, 0.6) is 17.2 Å². The molecule has 0 radical (unpaired) electrons. The molecule has 0 spiro atoms. The Morgan fingerprint density at radius 1 is 0.875 bits per heavy atom. The summed E-state index contributed by atoms with van der Waals surface area (Å²) in [5.74, 6) is -0.133. The fourth-order valence-electron chi connectivity index (χ4n) is 1.58. The van der Waals surface area contributed by atoms with E-state index in [1.807, 2.05) is 30.3 Å². The van der Waals surface area contributed by atoms with Crippen LogP contribution >= 0.6 is 0 Å². The van der Waals surface area contributed by atoms with Crippen molar-refractivity contribution in [3.63, 3.8) is 0 Å². The van der Waals surface area contributed by atoms with Gasteiger partial charge in [0.15, 0.2) is 11.5 Å². The molecule has 0 unspecified atom stereocenters. The summed E-state index contributed by atoms with van der Waals surface area (Å²) in [6.07, 6.45) is 0. The van der Waals surface area contributed by atoms with Crippen LogP contribution in [-0.2, 0) is 0 Å². The zero-order chi connectivity index (χ0) is 11.5. The molecule has 0 aliphatic rings. The molecule has 0 amide bonds. The number of rotatable bonds is 2. The topological polar surface area (TPSA) is 49.7 Å². The van der Waals surface area contributed by atoms with Crippen LogP contribution in [0.3, 0.4) is 0 Å². The van der Waals surface area contributed by atoms with Gasteiger partial charge in [-0.3, -0.25) is 0 Å². The first-order valence-corrected chi connectivity index (χ1v) is 4.88. The van der Waals surface area contributed by atoms with E-state index in [-0.39, 0.29) is 17.2 Å². The molecule has 2 aromatic carbocycles. The molecule has 0 saturated heterocycles. The Bertz CT molecular complexity index is 492. The van der Waals surface area contributed by atoms with Crippen molar-refractivity contribution in [3.8, 4) is 28.4 Å². The Kier molecular flexibility index (Phi) is 2.68. The van der Waals surface area contributed by atoms with Crippen molar-refractivity contribution in [3.05, 3.63) is 42.5 Å². The van der Waals surface area contributed by atoms with Gasteiger partial charge in [-0.15, -0.1) is 0 Å². The van der Waals surface area contributed by atoms with Crippen molar-refractivity contribution in [1.82, 2.24) is 0 Å². The van der Waals surface area contributed by atoms with Crippen LogP contribution in [0.25, 0.3) is 11.1 Å². The zero-order valence-corrected chi connectivity index (χ0v) is 8.84. The minimum absolute atomic E-state index is 0.162. The molecule has 3 nitrogen and oxygen atoms in total. The van der Waals surface area contributed by atoms with Gasteiger partial charge >= 0.3 is 0 Å². The monoisotopic (exact) mass is 216 g/mol. The van der Waals surface area contributed by atoms with E-state index in [0.717, 1.165) is 5.56 Å². The number of benzene rings is 2. The fourth-order valence-corrected chi connectivity index (χ4v) is 1.58. The maximum atomic E-state index is 9.83. The number of phenolic OH excluding ortho intramolecular Hbond substituents is 2. The molecular weight excluding hydrogens is 204 g/mol. The first kappa shape index (κ1) is 10.4. The molecule has 2 N–H and O–H groups in total. The van der Waals surface area contributed by atoms with Crippen molar-refractivity contribution in [2.75, 3.05) is 7.11 Å². The molecule has 2 aromatic rings. The molecule has 0 bridgehead atoms. The van der Waals surface area contributed by atoms with E-state index in [2.05, 4.69) is 0 Å². The van der Waals surface area contributed by atoms with Gasteiger partial charge in [0, 0.05) is 5.56 Å². The maximum Gasteiger partial charge on any atom is 0.201 e. The molecule has 16 heavy (non-hydrogen) atoms. The number of aromatic hydroxyl groups is 2. The average molecular weight is 216 g/mol. The summed E-state index contributed by atoms with van der Waals surface area (Å²) >= 11 is 0. The highest BCUT2D eigenvalue weighted by molar-refractivity contribution is 5.75. The third-order valence-corrected chi connectivity index (χ3v) is 2.42. The number of hydrogen-bond acceptors (Lipinski definition) is 3. The van der Waals surface area contributed by atoms with Gasteiger partial charge in [0.05, 0.1) is 7.11 Å². The lowest BCUT2D eigenvalue weighted by Gasteiger charge is -2.09. The predicted molar refractivity (Wildman–Crippen MR) is 61.8 cm³/mol. The maximum absolute atomic E-state index is 9.83. The van der Waals surface area contributed by atoms with Crippen LogP contribution in [-0.4, -0.2) is 17.3 Å². The molecule has 0 aliphatic heterocycles. The Hall–Kier alpha value is -2.16. The van der Waals surface area contributed by atoms with E-state index in [9.17, 15) is 10.2 Å². The van der Waals surface area contributed by atoms with Crippen molar-refractivity contribution >= 4 is 0 Å². The van der Waals surface area contributed by atoms with Crippen LogP contribution < -0.4 is 4.74 Å². The number of hydrogen-bond donors (Lipinski definition) is 2. The van der Waals surface area contributed by atoms with E-state index in [1.54, 1.807) is 12.1 Å². The van der Waals surface area contributed by atoms with Crippen LogP contribution in [0.4, 0.5) is 0 Å². The molecule has 0 saturated carbocycles. The normalized spacial score (nSPS) is 10.1. The van der Waals surface area contributed by atoms with Crippen molar-refractivity contribution in [1.29, 1.82) is 0 Å². The zero-order valence-electron chi connectivity index (χ0n) is 8.84. The lowest BCUT2D eigenvalue weighted by Crippen LogP contribution is -1.86. The Morgan fingerprint density at radius 3 is 2.19 bits per heavy atom. The minimum atomic E-state index is -0.233. The molecular formula is C13H12O3. The third-order valence-electron chi connectivity index (χ3n) is 2.42. The summed E-state index contributed by atoms with van der Waals surface area (Å²) in [6, 6.07) is 12.7. The molecule has 0 heterocycles. The Balaban J connectivity index is 2.56. The van der Waals surface area contributed by atoms with Crippen LogP contribution in [0.15, 0.2) is 42.5 Å². The highest BCUT2D eigenvalue weighted by Gasteiger charge is 2.12. The molecule has 3 heteroatoms. The fraction of sp³-hybridized carbons (Fsp3) is 0.0769. The predicted octanol–water partition coefficient (Wildman–Crippen LogP) is 2.77. The highest BCUT2D eigenvalue weighted by Crippen LogP contribution is 2.42. The number of methoxy groups -OCH3 is 1. The molecule has 0 atom stereocenters. The Labute approximate surface area is 93.6 Å². The average Bonchev–Trinajstić information content (AvgIpc) is 2.34. The SMILES string of the molecule is COc1ccc(-c2ccccc2)c(O)c1O. The summed E-state index contributed by atoms with van der Waals surface area (Å²) < 4.78 is 4.91. The first-order chi connectivity index (χ1) is 7.74. The first-order valence-electron chi connectivity index (χ1n) is 4.88. The molecule has 0 aliphatic carbocycles. The summed E-state index contributed by atoms with van der Waals surface area (Å²) in [5.41, 5.74) is 1.43. The second kappa shape index (κ2) is 4.14. The highest BCUT2D eigenvalue weighted by atomic mass is 16.5. The van der Waals surface area contributed by atoms with Crippen molar-refractivity contribution < 1.29 is 14.9 Å². The van der Waals surface area contributed by atoms with Gasteiger partial charge in [-0.2, -0.15) is 0 Å². The van der Waals surface area contributed by atoms with Crippen LogP contribution in [0.1, 0.15) is 0 Å². The summed E-state index contributed by atoms with van der Waals surface area (Å²) in [6.45, 7) is 0. The van der Waals surface area contributed by atoms with E-state index >= 15 is 0 Å². The minimum Gasteiger partial charge on any atom is -0.504 e. The summed E-state index contributed by atoms with van der Waals surface area (Å²) in [7, 11) is 1.44. The Morgan fingerprint density at radius 2 is 1.56 bits per heavy atom. The van der Waals surface area contributed by atoms with E-state index in [1.165, 1.54) is 7.11 Å². The molecule has 2 rings (SSSR count). The van der Waals surface area contributed by atoms with Crippen LogP contribution in [0.2, 0.25) is 0 Å². The van der Waals surface area contributed by atoms with Crippen molar-refractivity contribution in [2.24, 2.45) is 0 Å².